The zero-order valence-electron chi connectivity index (χ0n) is 24.1. The highest BCUT2D eigenvalue weighted by Gasteiger charge is 2.20. The SMILES string of the molecule is CCC=CCC.Cc1ccc2c(n1)oc1c(-c3cccc[n+]3C)c(C)ccc12.c1ccc(-c2ccccn2)cc1. The van der Waals surface area contributed by atoms with Crippen molar-refractivity contribution in [3.8, 4) is 22.5 Å². The van der Waals surface area contributed by atoms with Gasteiger partial charge >= 0.3 is 0 Å². The summed E-state index contributed by atoms with van der Waals surface area (Å²) in [6, 6.07) is 30.7. The Morgan fingerprint density at radius 1 is 0.750 bits per heavy atom. The first-order valence-corrected chi connectivity index (χ1v) is 13.9. The second-order valence-corrected chi connectivity index (χ2v) is 9.61. The van der Waals surface area contributed by atoms with Gasteiger partial charge in [-0.2, -0.15) is 0 Å². The molecular formula is C36H38N3O+. The molecule has 0 aliphatic carbocycles. The Morgan fingerprint density at radius 2 is 1.45 bits per heavy atom. The average Bonchev–Trinajstić information content (AvgIpc) is 3.35. The lowest BCUT2D eigenvalue weighted by molar-refractivity contribution is -0.660. The summed E-state index contributed by atoms with van der Waals surface area (Å²) in [5.41, 5.74) is 8.25. The lowest BCUT2D eigenvalue weighted by atomic mass is 10.0. The standard InChI is InChI=1S/C19H17N2O.C11H9N.C6H12/c1-12-7-9-14-15-10-8-13(2)20-19(15)22-18(14)17(12)16-6-4-5-11-21(16)3;1-2-6-10(7-3-1)11-8-4-5-9-12-11;1-3-5-6-4-2/h4-11H,1-3H3;1-9H;5-6H,3-4H2,1-2H3/q+1;;. The van der Waals surface area contributed by atoms with Crippen molar-refractivity contribution in [3.63, 3.8) is 0 Å². The molecule has 0 N–H and O–H groups in total. The fraction of sp³-hybridized carbons (Fsp3) is 0.194. The molecule has 4 heterocycles. The number of aryl methyl sites for hydroxylation is 3. The number of allylic oxidation sites excluding steroid dienone is 2. The van der Waals surface area contributed by atoms with Crippen LogP contribution in [0.3, 0.4) is 0 Å². The first-order valence-electron chi connectivity index (χ1n) is 13.9. The van der Waals surface area contributed by atoms with Gasteiger partial charge in [-0.05, 0) is 62.6 Å². The molecule has 0 saturated carbocycles. The maximum Gasteiger partial charge on any atom is 0.227 e. The van der Waals surface area contributed by atoms with Crippen molar-refractivity contribution in [1.29, 1.82) is 0 Å². The largest absolute Gasteiger partial charge is 0.437 e. The number of pyridine rings is 3. The van der Waals surface area contributed by atoms with Gasteiger partial charge in [0.15, 0.2) is 11.8 Å². The van der Waals surface area contributed by atoms with Crippen molar-refractivity contribution in [3.05, 3.63) is 127 Å². The van der Waals surface area contributed by atoms with Crippen molar-refractivity contribution in [1.82, 2.24) is 9.97 Å². The van der Waals surface area contributed by atoms with E-state index in [9.17, 15) is 0 Å². The maximum atomic E-state index is 6.13. The second-order valence-electron chi connectivity index (χ2n) is 9.61. The number of nitrogens with zero attached hydrogens (tertiary/aromatic N) is 3. The van der Waals surface area contributed by atoms with Crippen LogP contribution in [0, 0.1) is 13.8 Å². The normalized spacial score (nSPS) is 10.7. The topological polar surface area (TPSA) is 42.8 Å². The molecule has 0 atom stereocenters. The summed E-state index contributed by atoms with van der Waals surface area (Å²) < 4.78 is 8.25. The van der Waals surface area contributed by atoms with E-state index in [-0.39, 0.29) is 0 Å². The zero-order chi connectivity index (χ0) is 28.3. The Hall–Kier alpha value is -4.57. The van der Waals surface area contributed by atoms with Gasteiger partial charge < -0.3 is 4.42 Å². The smallest absolute Gasteiger partial charge is 0.227 e. The van der Waals surface area contributed by atoms with Crippen molar-refractivity contribution >= 4 is 22.1 Å². The predicted molar refractivity (Wildman–Crippen MR) is 167 cm³/mol. The Labute approximate surface area is 237 Å². The van der Waals surface area contributed by atoms with Gasteiger partial charge in [-0.1, -0.05) is 74.5 Å². The maximum absolute atomic E-state index is 6.13. The van der Waals surface area contributed by atoms with Crippen LogP contribution in [0.5, 0.6) is 0 Å². The molecule has 2 aromatic carbocycles. The van der Waals surface area contributed by atoms with Crippen LogP contribution in [0.15, 0.2) is 120 Å². The fourth-order valence-corrected chi connectivity index (χ4v) is 4.49. The third-order valence-corrected chi connectivity index (χ3v) is 6.54. The van der Waals surface area contributed by atoms with Gasteiger partial charge in [-0.15, -0.1) is 0 Å². The molecule has 6 rings (SSSR count). The highest BCUT2D eigenvalue weighted by Crippen LogP contribution is 2.36. The minimum Gasteiger partial charge on any atom is -0.437 e. The molecule has 0 bridgehead atoms. The molecule has 4 heteroatoms. The van der Waals surface area contributed by atoms with Crippen molar-refractivity contribution in [2.75, 3.05) is 0 Å². The molecule has 40 heavy (non-hydrogen) atoms. The van der Waals surface area contributed by atoms with Gasteiger partial charge in [-0.3, -0.25) is 4.98 Å². The molecule has 0 unspecified atom stereocenters. The summed E-state index contributed by atoms with van der Waals surface area (Å²) in [5, 5.41) is 2.19. The van der Waals surface area contributed by atoms with E-state index in [0.29, 0.717) is 5.71 Å². The Balaban J connectivity index is 0.000000172. The summed E-state index contributed by atoms with van der Waals surface area (Å²) >= 11 is 0. The van der Waals surface area contributed by atoms with Gasteiger partial charge in [-0.25, -0.2) is 9.55 Å². The van der Waals surface area contributed by atoms with E-state index >= 15 is 0 Å². The van der Waals surface area contributed by atoms with Crippen LogP contribution in [0.25, 0.3) is 44.6 Å². The monoisotopic (exact) mass is 528 g/mol. The highest BCUT2D eigenvalue weighted by molar-refractivity contribution is 6.08. The third-order valence-electron chi connectivity index (χ3n) is 6.54. The molecule has 6 aromatic rings. The first-order chi connectivity index (χ1) is 19.5. The fourth-order valence-electron chi connectivity index (χ4n) is 4.49. The number of aromatic nitrogens is 3. The number of rotatable bonds is 4. The van der Waals surface area contributed by atoms with Crippen LogP contribution in [-0.2, 0) is 7.05 Å². The average molecular weight is 529 g/mol. The number of fused-ring (bicyclic) bond motifs is 3. The molecule has 0 amide bonds. The Bertz CT molecular complexity index is 1640. The molecule has 0 fully saturated rings. The van der Waals surface area contributed by atoms with Crippen LogP contribution in [0.1, 0.15) is 37.9 Å². The van der Waals surface area contributed by atoms with E-state index in [1.165, 1.54) is 18.4 Å². The van der Waals surface area contributed by atoms with Crippen molar-refractivity contribution in [2.45, 2.75) is 40.5 Å². The molecule has 4 nitrogen and oxygen atoms in total. The second kappa shape index (κ2) is 14.0. The first kappa shape index (κ1) is 28.4. The van der Waals surface area contributed by atoms with Gasteiger partial charge in [0.2, 0.25) is 11.4 Å². The molecule has 0 radical (unpaired) electrons. The van der Waals surface area contributed by atoms with E-state index < -0.39 is 0 Å². The van der Waals surface area contributed by atoms with Crippen LogP contribution in [0.4, 0.5) is 0 Å². The number of hydrogen-bond acceptors (Lipinski definition) is 3. The summed E-state index contributed by atoms with van der Waals surface area (Å²) in [6.45, 7) is 8.39. The number of benzene rings is 2. The van der Waals surface area contributed by atoms with Crippen molar-refractivity contribution < 1.29 is 8.98 Å². The van der Waals surface area contributed by atoms with Crippen molar-refractivity contribution in [2.24, 2.45) is 7.05 Å². The molecule has 0 aliphatic heterocycles. The van der Waals surface area contributed by atoms with Crippen LogP contribution in [0.2, 0.25) is 0 Å². The predicted octanol–water partition coefficient (Wildman–Crippen LogP) is 9.20. The molecule has 0 spiro atoms. The van der Waals surface area contributed by atoms with E-state index in [1.807, 2.05) is 61.7 Å². The number of furan rings is 1. The minimum atomic E-state index is 0.709. The zero-order valence-corrected chi connectivity index (χ0v) is 24.1. The van der Waals surface area contributed by atoms with E-state index in [2.05, 4.69) is 103 Å². The van der Waals surface area contributed by atoms with Crippen LogP contribution < -0.4 is 4.57 Å². The Kier molecular flexibility index (Phi) is 9.95. The van der Waals surface area contributed by atoms with E-state index in [0.717, 1.165) is 44.6 Å². The van der Waals surface area contributed by atoms with E-state index in [4.69, 9.17) is 4.42 Å². The lowest BCUT2D eigenvalue weighted by Crippen LogP contribution is -2.30. The highest BCUT2D eigenvalue weighted by atomic mass is 16.3. The van der Waals surface area contributed by atoms with E-state index in [1.54, 1.807) is 0 Å². The van der Waals surface area contributed by atoms with Crippen LogP contribution in [-0.4, -0.2) is 9.97 Å². The summed E-state index contributed by atoms with van der Waals surface area (Å²) in [5.74, 6) is 0. The van der Waals surface area contributed by atoms with Gasteiger partial charge in [0.1, 0.15) is 7.05 Å². The summed E-state index contributed by atoms with van der Waals surface area (Å²) in [4.78, 5) is 8.78. The summed E-state index contributed by atoms with van der Waals surface area (Å²) in [7, 11) is 2.05. The minimum absolute atomic E-state index is 0.709. The third kappa shape index (κ3) is 6.89. The van der Waals surface area contributed by atoms with Gasteiger partial charge in [0.25, 0.3) is 0 Å². The Morgan fingerprint density at radius 3 is 2.12 bits per heavy atom. The summed E-state index contributed by atoms with van der Waals surface area (Å²) in [6.07, 6.45) is 10.6. The molecular weight excluding hydrogens is 490 g/mol. The lowest BCUT2D eigenvalue weighted by Gasteiger charge is -2.04. The van der Waals surface area contributed by atoms with Crippen LogP contribution >= 0.6 is 0 Å². The molecule has 4 aromatic heterocycles. The number of hydrogen-bond donors (Lipinski definition) is 0. The quantitative estimate of drug-likeness (QED) is 0.169. The van der Waals surface area contributed by atoms with Gasteiger partial charge in [0.05, 0.1) is 11.3 Å². The van der Waals surface area contributed by atoms with Gasteiger partial charge in [0, 0.05) is 40.4 Å². The molecule has 202 valence electrons. The molecule has 0 aliphatic rings. The molecule has 0 saturated heterocycles.